The van der Waals surface area contributed by atoms with Crippen molar-refractivity contribution in [3.05, 3.63) is 84.6 Å². The lowest BCUT2D eigenvalue weighted by Crippen LogP contribution is -2.04. The van der Waals surface area contributed by atoms with Crippen LogP contribution in [-0.4, -0.2) is 12.6 Å². The number of hydrogen-bond donors (Lipinski definition) is 0. The molecular formula is C25H36O2. The Bertz CT molecular complexity index is 569. The second kappa shape index (κ2) is 20.0. The highest BCUT2D eigenvalue weighted by molar-refractivity contribution is 5.88. The van der Waals surface area contributed by atoms with Gasteiger partial charge in [-0.25, -0.2) is 4.79 Å². The summed E-state index contributed by atoms with van der Waals surface area (Å²) in [6.45, 7) is 6.12. The number of allylic oxidation sites excluding steroid dienone is 13. The number of carbonyl (C=O) groups is 1. The Morgan fingerprint density at radius 1 is 0.704 bits per heavy atom. The molecule has 0 aliphatic rings. The second-order valence-electron chi connectivity index (χ2n) is 5.96. The molecule has 0 spiro atoms. The van der Waals surface area contributed by atoms with Gasteiger partial charge in [-0.05, 0) is 52.4 Å². The van der Waals surface area contributed by atoms with Crippen molar-refractivity contribution in [3.8, 4) is 0 Å². The van der Waals surface area contributed by atoms with E-state index in [-0.39, 0.29) is 5.97 Å². The van der Waals surface area contributed by atoms with Crippen molar-refractivity contribution in [2.75, 3.05) is 6.61 Å². The van der Waals surface area contributed by atoms with Crippen LogP contribution >= 0.6 is 0 Å². The van der Waals surface area contributed by atoms with Gasteiger partial charge in [0, 0.05) is 5.57 Å². The van der Waals surface area contributed by atoms with Gasteiger partial charge in [0.15, 0.2) is 0 Å². The topological polar surface area (TPSA) is 26.3 Å². The molecule has 2 nitrogen and oxygen atoms in total. The van der Waals surface area contributed by atoms with Gasteiger partial charge in [-0.15, -0.1) is 0 Å². The Kier molecular flexibility index (Phi) is 18.2. The molecule has 0 aromatic heterocycles. The summed E-state index contributed by atoms with van der Waals surface area (Å²) < 4.78 is 4.91. The lowest BCUT2D eigenvalue weighted by Gasteiger charge is -1.98. The number of unbranched alkanes of at least 4 members (excludes halogenated alkanes) is 1. The zero-order valence-electron chi connectivity index (χ0n) is 17.3. The Morgan fingerprint density at radius 3 is 1.85 bits per heavy atom. The molecule has 27 heavy (non-hydrogen) atoms. The number of rotatable bonds is 14. The van der Waals surface area contributed by atoms with Gasteiger partial charge >= 0.3 is 5.97 Å². The number of esters is 1. The molecule has 0 saturated carbocycles. The zero-order valence-corrected chi connectivity index (χ0v) is 17.3. The van der Waals surface area contributed by atoms with Crippen molar-refractivity contribution in [1.29, 1.82) is 0 Å². The van der Waals surface area contributed by atoms with Gasteiger partial charge in [-0.1, -0.05) is 85.9 Å². The maximum atomic E-state index is 11.4. The monoisotopic (exact) mass is 368 g/mol. The fourth-order valence-corrected chi connectivity index (χ4v) is 2.04. The minimum Gasteiger partial charge on any atom is -0.463 e. The molecule has 0 aliphatic carbocycles. The van der Waals surface area contributed by atoms with Crippen LogP contribution in [0, 0.1) is 0 Å². The first-order chi connectivity index (χ1) is 13.2. The van der Waals surface area contributed by atoms with E-state index in [0.29, 0.717) is 12.2 Å². The fourth-order valence-electron chi connectivity index (χ4n) is 2.04. The van der Waals surface area contributed by atoms with Gasteiger partial charge in [0.1, 0.15) is 0 Å². The van der Waals surface area contributed by atoms with Gasteiger partial charge < -0.3 is 4.74 Å². The SMILES string of the molecule is CC/C=C\C/C=C\C/C=C\C/C=C\CC/C=C/C=C/C=C(/C)C(=O)OCC. The van der Waals surface area contributed by atoms with Crippen LogP contribution in [0.3, 0.4) is 0 Å². The van der Waals surface area contributed by atoms with E-state index in [0.717, 1.165) is 38.5 Å². The van der Waals surface area contributed by atoms with Crippen molar-refractivity contribution in [2.45, 2.75) is 59.3 Å². The average Bonchev–Trinajstić information content (AvgIpc) is 2.67. The minimum atomic E-state index is -0.259. The smallest absolute Gasteiger partial charge is 0.333 e. The molecular weight excluding hydrogens is 332 g/mol. The summed E-state index contributed by atoms with van der Waals surface area (Å²) in [5, 5.41) is 0. The largest absolute Gasteiger partial charge is 0.463 e. The minimum absolute atomic E-state index is 0.259. The molecule has 0 rings (SSSR count). The molecule has 0 radical (unpaired) electrons. The number of ether oxygens (including phenoxy) is 1. The van der Waals surface area contributed by atoms with E-state index in [1.165, 1.54) is 0 Å². The predicted octanol–water partition coefficient (Wildman–Crippen LogP) is 7.19. The van der Waals surface area contributed by atoms with Gasteiger partial charge in [-0.2, -0.15) is 0 Å². The van der Waals surface area contributed by atoms with Crippen molar-refractivity contribution < 1.29 is 9.53 Å². The molecule has 0 heterocycles. The van der Waals surface area contributed by atoms with Crippen molar-refractivity contribution >= 4 is 5.97 Å². The third-order valence-electron chi connectivity index (χ3n) is 3.52. The molecule has 0 atom stereocenters. The Balaban J connectivity index is 3.74. The first-order valence-electron chi connectivity index (χ1n) is 9.99. The van der Waals surface area contributed by atoms with Gasteiger partial charge in [0.25, 0.3) is 0 Å². The first-order valence-corrected chi connectivity index (χ1v) is 9.99. The van der Waals surface area contributed by atoms with E-state index >= 15 is 0 Å². The summed E-state index contributed by atoms with van der Waals surface area (Å²) >= 11 is 0. The molecule has 0 unspecified atom stereocenters. The summed E-state index contributed by atoms with van der Waals surface area (Å²) in [6.07, 6.45) is 33.5. The van der Waals surface area contributed by atoms with E-state index in [4.69, 9.17) is 4.74 Å². The van der Waals surface area contributed by atoms with Crippen LogP contribution in [0.25, 0.3) is 0 Å². The summed E-state index contributed by atoms with van der Waals surface area (Å²) in [4.78, 5) is 11.4. The summed E-state index contributed by atoms with van der Waals surface area (Å²) in [5.74, 6) is -0.259. The van der Waals surface area contributed by atoms with Crippen molar-refractivity contribution in [3.63, 3.8) is 0 Å². The van der Waals surface area contributed by atoms with Crippen molar-refractivity contribution in [2.24, 2.45) is 0 Å². The van der Waals surface area contributed by atoms with E-state index < -0.39 is 0 Å². The quantitative estimate of drug-likeness (QED) is 0.107. The maximum absolute atomic E-state index is 11.4. The van der Waals surface area contributed by atoms with Crippen LogP contribution in [0.5, 0.6) is 0 Å². The van der Waals surface area contributed by atoms with Crippen LogP contribution in [0.2, 0.25) is 0 Å². The molecule has 2 heteroatoms. The highest BCUT2D eigenvalue weighted by atomic mass is 16.5. The molecule has 0 fully saturated rings. The Morgan fingerprint density at radius 2 is 1.26 bits per heavy atom. The highest BCUT2D eigenvalue weighted by Gasteiger charge is 2.01. The Labute approximate surface area is 166 Å². The van der Waals surface area contributed by atoms with Gasteiger partial charge in [0.05, 0.1) is 6.61 Å². The summed E-state index contributed by atoms with van der Waals surface area (Å²) in [7, 11) is 0. The third-order valence-corrected chi connectivity index (χ3v) is 3.52. The highest BCUT2D eigenvalue weighted by Crippen LogP contribution is 1.99. The van der Waals surface area contributed by atoms with E-state index in [1.54, 1.807) is 19.9 Å². The average molecular weight is 369 g/mol. The molecule has 0 bridgehead atoms. The standard InChI is InChI=1S/C25H36O2/c1-4-6-7-8-9-10-11-12-13-14-15-16-17-18-19-20-21-22-23-24(3)25(26)27-5-2/h6-7,9-10,12-13,15-16,19-23H,4-5,8,11,14,17-18H2,1-3H3/b7-6-,10-9-,13-12-,16-15-,20-19+,22-21+,24-23-. The lowest BCUT2D eigenvalue weighted by atomic mass is 10.2. The van der Waals surface area contributed by atoms with Crippen molar-refractivity contribution in [1.82, 2.24) is 0 Å². The lowest BCUT2D eigenvalue weighted by molar-refractivity contribution is -0.138. The van der Waals surface area contributed by atoms with E-state index in [2.05, 4.69) is 61.6 Å². The Hall–Kier alpha value is -2.35. The van der Waals surface area contributed by atoms with Crippen LogP contribution in [0.4, 0.5) is 0 Å². The zero-order chi connectivity index (χ0) is 20.0. The molecule has 0 aliphatic heterocycles. The molecule has 148 valence electrons. The molecule has 0 aromatic carbocycles. The molecule has 0 saturated heterocycles. The van der Waals surface area contributed by atoms with Crippen LogP contribution in [0.15, 0.2) is 84.6 Å². The number of carbonyl (C=O) groups excluding carboxylic acids is 1. The van der Waals surface area contributed by atoms with Crippen LogP contribution in [-0.2, 0) is 9.53 Å². The first kappa shape index (κ1) is 24.7. The van der Waals surface area contributed by atoms with Crippen LogP contribution in [0.1, 0.15) is 59.3 Å². The van der Waals surface area contributed by atoms with Gasteiger partial charge in [-0.3, -0.25) is 0 Å². The normalized spacial score (nSPS) is 13.5. The molecule has 0 aromatic rings. The van der Waals surface area contributed by atoms with E-state index in [1.807, 2.05) is 18.2 Å². The second-order valence-corrected chi connectivity index (χ2v) is 5.96. The maximum Gasteiger partial charge on any atom is 0.333 e. The predicted molar refractivity (Wildman–Crippen MR) is 119 cm³/mol. The molecule has 0 N–H and O–H groups in total. The molecule has 0 amide bonds. The summed E-state index contributed by atoms with van der Waals surface area (Å²) in [5.41, 5.74) is 0.612. The van der Waals surface area contributed by atoms with Gasteiger partial charge in [0.2, 0.25) is 0 Å². The van der Waals surface area contributed by atoms with Crippen LogP contribution < -0.4 is 0 Å². The third kappa shape index (κ3) is 18.2. The fraction of sp³-hybridized carbons (Fsp3) is 0.400. The number of hydrogen-bond acceptors (Lipinski definition) is 2. The van der Waals surface area contributed by atoms with E-state index in [9.17, 15) is 4.79 Å². The summed E-state index contributed by atoms with van der Waals surface area (Å²) in [6, 6.07) is 0.